The highest BCUT2D eigenvalue weighted by Gasteiger charge is 2.23. The molecule has 1 aliphatic rings. The average Bonchev–Trinajstić information content (AvgIpc) is 3.23. The van der Waals surface area contributed by atoms with Crippen LogP contribution in [0.3, 0.4) is 0 Å². The number of nitrogens with zero attached hydrogens (tertiary/aromatic N) is 6. The van der Waals surface area contributed by atoms with Gasteiger partial charge in [-0.3, -0.25) is 14.3 Å². The van der Waals surface area contributed by atoms with Gasteiger partial charge in [0.25, 0.3) is 5.91 Å². The molecule has 0 fully saturated rings. The zero-order valence-corrected chi connectivity index (χ0v) is 19.5. The van der Waals surface area contributed by atoms with E-state index in [9.17, 15) is 9.59 Å². The van der Waals surface area contributed by atoms with Gasteiger partial charge in [0.05, 0.1) is 11.4 Å². The predicted octanol–water partition coefficient (Wildman–Crippen LogP) is 2.52. The summed E-state index contributed by atoms with van der Waals surface area (Å²) in [7, 11) is 1.79. The van der Waals surface area contributed by atoms with Crippen LogP contribution in [-0.4, -0.2) is 48.0 Å². The highest BCUT2D eigenvalue weighted by atomic mass is 16.5. The van der Waals surface area contributed by atoms with E-state index < -0.39 is 5.91 Å². The Labute approximate surface area is 196 Å². The van der Waals surface area contributed by atoms with Gasteiger partial charge in [0.15, 0.2) is 5.78 Å². The van der Waals surface area contributed by atoms with Crippen molar-refractivity contribution >= 4 is 11.7 Å². The van der Waals surface area contributed by atoms with Crippen LogP contribution in [0, 0.1) is 6.92 Å². The summed E-state index contributed by atoms with van der Waals surface area (Å²) >= 11 is 0. The second kappa shape index (κ2) is 9.74. The minimum absolute atomic E-state index is 0.0156. The minimum atomic E-state index is -0.421. The maximum Gasteiger partial charge on any atom is 0.318 e. The third kappa shape index (κ3) is 4.90. The zero-order chi connectivity index (χ0) is 24.2. The lowest BCUT2D eigenvalue weighted by Crippen LogP contribution is -2.30. The third-order valence-electron chi connectivity index (χ3n) is 5.53. The van der Waals surface area contributed by atoms with Gasteiger partial charge in [-0.25, -0.2) is 9.97 Å². The largest absolute Gasteiger partial charge is 0.458 e. The van der Waals surface area contributed by atoms with Crippen LogP contribution in [0.1, 0.15) is 41.9 Å². The first kappa shape index (κ1) is 23.0. The monoisotopic (exact) mass is 459 g/mol. The molecule has 0 radical (unpaired) electrons. The lowest BCUT2D eigenvalue weighted by Gasteiger charge is -2.17. The maximum absolute atomic E-state index is 13.2. The van der Waals surface area contributed by atoms with Crippen molar-refractivity contribution in [1.82, 2.24) is 35.0 Å². The molecule has 0 saturated carbocycles. The second-order valence-electron chi connectivity index (χ2n) is 8.14. The number of Topliss-reactive ketones (excluding diaryl/α,β-unsaturated/α-hetero) is 1. The lowest BCUT2D eigenvalue weighted by atomic mass is 9.92. The molecule has 0 unspecified atom stereocenters. The molecule has 0 spiro atoms. The Kier molecular flexibility index (Phi) is 6.58. The molecule has 0 aliphatic heterocycles. The number of hydrogen-bond acceptors (Lipinski definition) is 8. The first-order valence-corrected chi connectivity index (χ1v) is 10.8. The molecule has 0 aromatic carbocycles. The molecule has 10 nitrogen and oxygen atoms in total. The summed E-state index contributed by atoms with van der Waals surface area (Å²) in [5.74, 6) is -0.405. The van der Waals surface area contributed by atoms with Crippen LogP contribution >= 0.6 is 0 Å². The van der Waals surface area contributed by atoms with Crippen molar-refractivity contribution in [3.05, 3.63) is 70.6 Å². The van der Waals surface area contributed by atoms with Crippen LogP contribution in [0.2, 0.25) is 0 Å². The van der Waals surface area contributed by atoms with E-state index in [1.807, 2.05) is 19.9 Å². The molecule has 174 valence electrons. The molecule has 3 aromatic heterocycles. The number of carbonyl (C=O) groups excluding carboxylic acids is 2. The molecule has 0 atom stereocenters. The van der Waals surface area contributed by atoms with E-state index in [-0.39, 0.29) is 30.6 Å². The highest BCUT2D eigenvalue weighted by Crippen LogP contribution is 2.25. The van der Waals surface area contributed by atoms with Crippen LogP contribution in [-0.2, 0) is 18.4 Å². The molecule has 0 saturated heterocycles. The fourth-order valence-electron chi connectivity index (χ4n) is 3.77. The molecule has 10 heteroatoms. The van der Waals surface area contributed by atoms with Crippen molar-refractivity contribution in [3.8, 4) is 17.4 Å². The molecule has 0 bridgehead atoms. The SMILES string of the molecule is CC1=CC(C)=C(CNC(=O)c2nc(OCc3cncnc3)nc(-c3ccnn3C)c2C)C(=O)C1. The van der Waals surface area contributed by atoms with Gasteiger partial charge in [-0.15, -0.1) is 0 Å². The van der Waals surface area contributed by atoms with Gasteiger partial charge < -0.3 is 10.1 Å². The third-order valence-corrected chi connectivity index (χ3v) is 5.53. The summed E-state index contributed by atoms with van der Waals surface area (Å²) in [6, 6.07) is 1.84. The lowest BCUT2D eigenvalue weighted by molar-refractivity contribution is -0.115. The second-order valence-corrected chi connectivity index (χ2v) is 8.14. The molecule has 3 heterocycles. The van der Waals surface area contributed by atoms with Crippen LogP contribution < -0.4 is 10.1 Å². The number of aryl methyl sites for hydroxylation is 1. The Bertz CT molecular complexity index is 1310. The number of amides is 1. The normalized spacial score (nSPS) is 13.6. The van der Waals surface area contributed by atoms with Gasteiger partial charge in [0.2, 0.25) is 0 Å². The van der Waals surface area contributed by atoms with Crippen molar-refractivity contribution in [2.24, 2.45) is 7.05 Å². The van der Waals surface area contributed by atoms with Gasteiger partial charge in [-0.2, -0.15) is 15.1 Å². The Morgan fingerprint density at radius 3 is 2.62 bits per heavy atom. The van der Waals surface area contributed by atoms with Crippen LogP contribution in [0.5, 0.6) is 6.01 Å². The number of hydrogen-bond donors (Lipinski definition) is 1. The molecule has 3 aromatic rings. The van der Waals surface area contributed by atoms with Crippen molar-refractivity contribution in [2.45, 2.75) is 33.8 Å². The minimum Gasteiger partial charge on any atom is -0.458 e. The summed E-state index contributed by atoms with van der Waals surface area (Å²) in [5.41, 5.74) is 5.19. The molecular formula is C24H25N7O3. The van der Waals surface area contributed by atoms with Gasteiger partial charge >= 0.3 is 6.01 Å². The number of ketones is 1. The smallest absolute Gasteiger partial charge is 0.318 e. The van der Waals surface area contributed by atoms with Gasteiger partial charge in [0.1, 0.15) is 18.6 Å². The van der Waals surface area contributed by atoms with Crippen LogP contribution in [0.15, 0.2) is 53.8 Å². The maximum atomic E-state index is 13.2. The standard InChI is InChI=1S/C24H25N7O3/c1-14-7-15(2)18(20(32)8-14)11-27-23(33)22-16(3)21(19-5-6-28-31(19)4)29-24(30-22)34-12-17-9-25-13-26-10-17/h5-7,9-10,13H,8,11-12H2,1-4H3,(H,27,33). The highest BCUT2D eigenvalue weighted by molar-refractivity contribution is 6.01. The Morgan fingerprint density at radius 1 is 1.18 bits per heavy atom. The van der Waals surface area contributed by atoms with E-state index in [0.717, 1.165) is 16.7 Å². The van der Waals surface area contributed by atoms with Crippen LogP contribution in [0.25, 0.3) is 11.4 Å². The zero-order valence-electron chi connectivity index (χ0n) is 19.5. The van der Waals surface area contributed by atoms with Gasteiger partial charge in [0, 0.05) is 55.3 Å². The first-order chi connectivity index (χ1) is 16.3. The number of aromatic nitrogens is 6. The number of rotatable bonds is 7. The summed E-state index contributed by atoms with van der Waals surface area (Å²) in [6.45, 7) is 5.83. The summed E-state index contributed by atoms with van der Waals surface area (Å²) in [6.07, 6.45) is 8.67. The van der Waals surface area contributed by atoms with E-state index in [1.165, 1.54) is 6.33 Å². The van der Waals surface area contributed by atoms with E-state index >= 15 is 0 Å². The number of ether oxygens (including phenoxy) is 1. The quantitative estimate of drug-likeness (QED) is 0.571. The molecule has 1 amide bonds. The fourth-order valence-corrected chi connectivity index (χ4v) is 3.77. The van der Waals surface area contributed by atoms with Gasteiger partial charge in [-0.05, 0) is 32.4 Å². The van der Waals surface area contributed by atoms with E-state index in [2.05, 4.69) is 30.4 Å². The van der Waals surface area contributed by atoms with Crippen LogP contribution in [0.4, 0.5) is 0 Å². The van der Waals surface area contributed by atoms with E-state index in [0.29, 0.717) is 28.9 Å². The molecule has 1 N–H and O–H groups in total. The Morgan fingerprint density at radius 2 is 1.94 bits per heavy atom. The first-order valence-electron chi connectivity index (χ1n) is 10.8. The number of carbonyl (C=O) groups is 2. The predicted molar refractivity (Wildman–Crippen MR) is 124 cm³/mol. The van der Waals surface area contributed by atoms with Crippen molar-refractivity contribution in [1.29, 1.82) is 0 Å². The van der Waals surface area contributed by atoms with Gasteiger partial charge in [-0.1, -0.05) is 11.6 Å². The summed E-state index contributed by atoms with van der Waals surface area (Å²) in [4.78, 5) is 42.4. The van der Waals surface area contributed by atoms with Crippen molar-refractivity contribution in [2.75, 3.05) is 6.54 Å². The molecular weight excluding hydrogens is 434 g/mol. The van der Waals surface area contributed by atoms with E-state index in [4.69, 9.17) is 4.74 Å². The fraction of sp³-hybridized carbons (Fsp3) is 0.292. The molecule has 34 heavy (non-hydrogen) atoms. The topological polar surface area (TPSA) is 125 Å². The number of allylic oxidation sites excluding steroid dienone is 3. The average molecular weight is 460 g/mol. The van der Waals surface area contributed by atoms with Crippen molar-refractivity contribution < 1.29 is 14.3 Å². The molecule has 4 rings (SSSR count). The Hall–Kier alpha value is -4.21. The van der Waals surface area contributed by atoms with E-state index in [1.54, 1.807) is 43.3 Å². The summed E-state index contributed by atoms with van der Waals surface area (Å²) < 4.78 is 7.44. The molecule has 1 aliphatic carbocycles. The Balaban J connectivity index is 1.63. The summed E-state index contributed by atoms with van der Waals surface area (Å²) in [5, 5.41) is 7.04. The van der Waals surface area contributed by atoms with Crippen molar-refractivity contribution in [3.63, 3.8) is 0 Å². The number of nitrogens with one attached hydrogen (secondary N) is 1.